The number of nitrogens with one attached hydrogen (secondary N) is 2. The lowest BCUT2D eigenvalue weighted by atomic mass is 10.2. The number of hydrogen-bond acceptors (Lipinski definition) is 4. The van der Waals surface area contributed by atoms with Crippen molar-refractivity contribution < 1.29 is 14.3 Å². The third-order valence-electron chi connectivity index (χ3n) is 3.14. The topological polar surface area (TPSA) is 59.6 Å². The molecule has 0 atom stereocenters. The number of carbonyl (C=O) groups excluding carboxylic acids is 1. The number of hydrogen-bond donors (Lipinski definition) is 2. The molecule has 5 heteroatoms. The van der Waals surface area contributed by atoms with Crippen molar-refractivity contribution in [1.82, 2.24) is 0 Å². The van der Waals surface area contributed by atoms with Gasteiger partial charge in [0.15, 0.2) is 0 Å². The molecule has 2 aromatic rings. The fourth-order valence-corrected chi connectivity index (χ4v) is 2.15. The summed E-state index contributed by atoms with van der Waals surface area (Å²) >= 11 is 0. The SMILES string of the molecule is CCOc1ccc(NC(=O)CNc2ccccc2OC(C)C)cc1. The molecule has 0 saturated carbocycles. The summed E-state index contributed by atoms with van der Waals surface area (Å²) in [6.07, 6.45) is 0.0747. The lowest BCUT2D eigenvalue weighted by Gasteiger charge is -2.15. The smallest absolute Gasteiger partial charge is 0.243 e. The maximum Gasteiger partial charge on any atom is 0.243 e. The summed E-state index contributed by atoms with van der Waals surface area (Å²) < 4.78 is 11.1. The molecule has 2 rings (SSSR count). The maximum atomic E-state index is 12.1. The van der Waals surface area contributed by atoms with E-state index in [4.69, 9.17) is 9.47 Å². The van der Waals surface area contributed by atoms with Crippen LogP contribution < -0.4 is 20.1 Å². The lowest BCUT2D eigenvalue weighted by Crippen LogP contribution is -2.22. The molecule has 0 spiro atoms. The molecule has 0 saturated heterocycles. The van der Waals surface area contributed by atoms with Gasteiger partial charge in [0.1, 0.15) is 11.5 Å². The summed E-state index contributed by atoms with van der Waals surface area (Å²) in [4.78, 5) is 12.1. The van der Waals surface area contributed by atoms with Gasteiger partial charge in [0, 0.05) is 5.69 Å². The molecule has 128 valence electrons. The van der Waals surface area contributed by atoms with Gasteiger partial charge in [-0.3, -0.25) is 4.79 Å². The second kappa shape index (κ2) is 8.82. The summed E-state index contributed by atoms with van der Waals surface area (Å²) in [6, 6.07) is 14.9. The van der Waals surface area contributed by atoms with Crippen molar-refractivity contribution in [3.05, 3.63) is 48.5 Å². The van der Waals surface area contributed by atoms with Gasteiger partial charge in [-0.2, -0.15) is 0 Å². The molecule has 0 fully saturated rings. The van der Waals surface area contributed by atoms with Gasteiger partial charge in [0.25, 0.3) is 0 Å². The molecule has 0 bridgehead atoms. The van der Waals surface area contributed by atoms with Gasteiger partial charge in [0.05, 0.1) is 24.9 Å². The molecule has 2 N–H and O–H groups in total. The minimum absolute atomic E-state index is 0.0747. The van der Waals surface area contributed by atoms with Gasteiger partial charge in [-0.25, -0.2) is 0 Å². The summed E-state index contributed by atoms with van der Waals surface area (Å²) in [6.45, 7) is 6.65. The zero-order valence-electron chi connectivity index (χ0n) is 14.3. The van der Waals surface area contributed by atoms with E-state index < -0.39 is 0 Å². The molecular formula is C19H24N2O3. The van der Waals surface area contributed by atoms with E-state index in [0.29, 0.717) is 6.61 Å². The van der Waals surface area contributed by atoms with Crippen LogP contribution in [-0.2, 0) is 4.79 Å². The van der Waals surface area contributed by atoms with Crippen molar-refractivity contribution in [3.8, 4) is 11.5 Å². The second-order valence-corrected chi connectivity index (χ2v) is 5.52. The molecule has 0 radical (unpaired) electrons. The number of para-hydroxylation sites is 2. The van der Waals surface area contributed by atoms with E-state index in [0.717, 1.165) is 22.9 Å². The zero-order valence-corrected chi connectivity index (χ0v) is 14.3. The van der Waals surface area contributed by atoms with Gasteiger partial charge >= 0.3 is 0 Å². The highest BCUT2D eigenvalue weighted by Gasteiger charge is 2.07. The largest absolute Gasteiger partial charge is 0.494 e. The molecule has 2 aromatic carbocycles. The Kier molecular flexibility index (Phi) is 6.49. The van der Waals surface area contributed by atoms with Crippen LogP contribution in [0.15, 0.2) is 48.5 Å². The van der Waals surface area contributed by atoms with Crippen LogP contribution in [0.4, 0.5) is 11.4 Å². The molecule has 0 heterocycles. The molecule has 0 unspecified atom stereocenters. The van der Waals surface area contributed by atoms with E-state index in [1.54, 1.807) is 0 Å². The van der Waals surface area contributed by atoms with Crippen molar-refractivity contribution in [2.24, 2.45) is 0 Å². The van der Waals surface area contributed by atoms with Crippen LogP contribution in [0.1, 0.15) is 20.8 Å². The fraction of sp³-hybridized carbons (Fsp3) is 0.316. The highest BCUT2D eigenvalue weighted by atomic mass is 16.5. The molecule has 0 aromatic heterocycles. The number of benzene rings is 2. The second-order valence-electron chi connectivity index (χ2n) is 5.52. The van der Waals surface area contributed by atoms with E-state index in [9.17, 15) is 4.79 Å². The molecule has 24 heavy (non-hydrogen) atoms. The van der Waals surface area contributed by atoms with Crippen molar-refractivity contribution in [2.45, 2.75) is 26.9 Å². The minimum Gasteiger partial charge on any atom is -0.494 e. The van der Waals surface area contributed by atoms with Crippen LogP contribution in [0, 0.1) is 0 Å². The van der Waals surface area contributed by atoms with E-state index in [1.165, 1.54) is 0 Å². The lowest BCUT2D eigenvalue weighted by molar-refractivity contribution is -0.114. The van der Waals surface area contributed by atoms with Crippen LogP contribution in [0.2, 0.25) is 0 Å². The average Bonchev–Trinajstić information content (AvgIpc) is 2.56. The quantitative estimate of drug-likeness (QED) is 0.771. The van der Waals surface area contributed by atoms with Crippen LogP contribution >= 0.6 is 0 Å². The Morgan fingerprint density at radius 2 is 1.79 bits per heavy atom. The standard InChI is InChI=1S/C19H24N2O3/c1-4-23-16-11-9-15(10-12-16)21-19(22)13-20-17-7-5-6-8-18(17)24-14(2)3/h5-12,14,20H,4,13H2,1-3H3,(H,21,22). The van der Waals surface area contributed by atoms with Crippen molar-refractivity contribution >= 4 is 17.3 Å². The van der Waals surface area contributed by atoms with Gasteiger partial charge in [-0.15, -0.1) is 0 Å². The molecule has 1 amide bonds. The molecule has 0 aliphatic rings. The van der Waals surface area contributed by atoms with Crippen LogP contribution in [-0.4, -0.2) is 25.2 Å². The monoisotopic (exact) mass is 328 g/mol. The third kappa shape index (κ3) is 5.50. The average molecular weight is 328 g/mol. The van der Waals surface area contributed by atoms with Crippen LogP contribution in [0.5, 0.6) is 11.5 Å². The summed E-state index contributed by atoms with van der Waals surface area (Å²) in [5.74, 6) is 1.40. The highest BCUT2D eigenvalue weighted by molar-refractivity contribution is 5.94. The zero-order chi connectivity index (χ0) is 17.4. The van der Waals surface area contributed by atoms with E-state index in [1.807, 2.05) is 69.3 Å². The third-order valence-corrected chi connectivity index (χ3v) is 3.14. The Bertz CT molecular complexity index is 654. The summed E-state index contributed by atoms with van der Waals surface area (Å²) in [5.41, 5.74) is 1.53. The first-order chi connectivity index (χ1) is 11.6. The Morgan fingerprint density at radius 3 is 2.46 bits per heavy atom. The first-order valence-corrected chi connectivity index (χ1v) is 8.10. The normalized spacial score (nSPS) is 10.3. The van der Waals surface area contributed by atoms with E-state index >= 15 is 0 Å². The van der Waals surface area contributed by atoms with Gasteiger partial charge in [0.2, 0.25) is 5.91 Å². The predicted molar refractivity (Wildman–Crippen MR) is 96.9 cm³/mol. The predicted octanol–water partition coefficient (Wildman–Crippen LogP) is 3.92. The first kappa shape index (κ1) is 17.7. The molecule has 5 nitrogen and oxygen atoms in total. The number of rotatable bonds is 8. The minimum atomic E-state index is -0.126. The number of carbonyl (C=O) groups is 1. The molecule has 0 aliphatic carbocycles. The first-order valence-electron chi connectivity index (χ1n) is 8.10. The Balaban J connectivity index is 1.89. The summed E-state index contributed by atoms with van der Waals surface area (Å²) in [5, 5.41) is 5.95. The Hall–Kier alpha value is -2.69. The Morgan fingerprint density at radius 1 is 1.08 bits per heavy atom. The summed E-state index contributed by atoms with van der Waals surface area (Å²) in [7, 11) is 0. The Labute approximate surface area is 143 Å². The number of ether oxygens (including phenoxy) is 2. The van der Waals surface area contributed by atoms with Gasteiger partial charge in [-0.05, 0) is 57.2 Å². The van der Waals surface area contributed by atoms with Crippen LogP contribution in [0.25, 0.3) is 0 Å². The highest BCUT2D eigenvalue weighted by Crippen LogP contribution is 2.24. The fourth-order valence-electron chi connectivity index (χ4n) is 2.15. The van der Waals surface area contributed by atoms with Gasteiger partial charge in [-0.1, -0.05) is 12.1 Å². The van der Waals surface area contributed by atoms with Crippen molar-refractivity contribution in [3.63, 3.8) is 0 Å². The van der Waals surface area contributed by atoms with Crippen molar-refractivity contribution in [2.75, 3.05) is 23.8 Å². The molecule has 0 aliphatic heterocycles. The van der Waals surface area contributed by atoms with E-state index in [-0.39, 0.29) is 18.6 Å². The van der Waals surface area contributed by atoms with Crippen LogP contribution in [0.3, 0.4) is 0 Å². The van der Waals surface area contributed by atoms with Crippen molar-refractivity contribution in [1.29, 1.82) is 0 Å². The van der Waals surface area contributed by atoms with Gasteiger partial charge < -0.3 is 20.1 Å². The number of anilines is 2. The molecular weight excluding hydrogens is 304 g/mol. The van der Waals surface area contributed by atoms with E-state index in [2.05, 4.69) is 10.6 Å². The number of amides is 1. The maximum absolute atomic E-state index is 12.1.